The maximum Gasteiger partial charge on any atom is 0.306 e. The van der Waals surface area contributed by atoms with E-state index in [0.717, 1.165) is 16.3 Å². The van der Waals surface area contributed by atoms with Gasteiger partial charge in [0.15, 0.2) is 0 Å². The van der Waals surface area contributed by atoms with Crippen molar-refractivity contribution < 1.29 is 19.1 Å². The van der Waals surface area contributed by atoms with Gasteiger partial charge in [-0.3, -0.25) is 9.59 Å². The molecule has 6 heteroatoms. The molecule has 33 heavy (non-hydrogen) atoms. The third-order valence-corrected chi connectivity index (χ3v) is 6.70. The van der Waals surface area contributed by atoms with E-state index in [1.807, 2.05) is 29.0 Å². The Kier molecular flexibility index (Phi) is 5.58. The molecule has 4 aromatic rings. The molecule has 0 bridgehead atoms. The maximum absolute atomic E-state index is 14.6. The van der Waals surface area contributed by atoms with Crippen molar-refractivity contribution >= 4 is 33.6 Å². The third kappa shape index (κ3) is 4.21. The van der Waals surface area contributed by atoms with Gasteiger partial charge >= 0.3 is 5.97 Å². The summed E-state index contributed by atoms with van der Waals surface area (Å²) in [7, 11) is 0. The molecule has 3 aromatic carbocycles. The van der Waals surface area contributed by atoms with Gasteiger partial charge in [0.05, 0.1) is 17.0 Å². The summed E-state index contributed by atoms with van der Waals surface area (Å²) in [6, 6.07) is 18.9. The van der Waals surface area contributed by atoms with Crippen molar-refractivity contribution in [2.75, 3.05) is 0 Å². The van der Waals surface area contributed by atoms with Crippen LogP contribution < -0.4 is 5.32 Å². The van der Waals surface area contributed by atoms with Crippen LogP contribution in [0, 0.1) is 11.7 Å². The fourth-order valence-corrected chi connectivity index (χ4v) is 4.89. The van der Waals surface area contributed by atoms with Gasteiger partial charge in [0.1, 0.15) is 5.82 Å². The Morgan fingerprint density at radius 1 is 0.970 bits per heavy atom. The molecule has 5 rings (SSSR count). The van der Waals surface area contributed by atoms with Crippen LogP contribution in [0.1, 0.15) is 41.6 Å². The van der Waals surface area contributed by atoms with Crippen molar-refractivity contribution in [2.45, 2.75) is 38.3 Å². The Morgan fingerprint density at radius 3 is 2.48 bits per heavy atom. The van der Waals surface area contributed by atoms with Gasteiger partial charge in [-0.1, -0.05) is 36.4 Å². The monoisotopic (exact) mass is 444 g/mol. The van der Waals surface area contributed by atoms with Crippen LogP contribution in [-0.2, 0) is 11.3 Å². The number of benzene rings is 3. The predicted molar refractivity (Wildman–Crippen MR) is 126 cm³/mol. The fourth-order valence-electron chi connectivity index (χ4n) is 4.89. The normalized spacial score (nSPS) is 18.5. The molecule has 2 N–H and O–H groups in total. The lowest BCUT2D eigenvalue weighted by molar-refractivity contribution is -0.142. The largest absolute Gasteiger partial charge is 0.481 e. The molecule has 1 aliphatic rings. The number of carboxylic acid groups (broad SMARTS) is 1. The molecule has 0 aliphatic heterocycles. The molecular formula is C27H25FN2O3. The molecule has 0 saturated heterocycles. The lowest BCUT2D eigenvalue weighted by atomic mass is 9.86. The minimum absolute atomic E-state index is 0.0721. The van der Waals surface area contributed by atoms with Gasteiger partial charge in [0, 0.05) is 24.2 Å². The highest BCUT2D eigenvalue weighted by atomic mass is 19.1. The Hall–Kier alpha value is -3.67. The molecular weight excluding hydrogens is 419 g/mol. The zero-order valence-corrected chi connectivity index (χ0v) is 18.1. The zero-order valence-electron chi connectivity index (χ0n) is 18.1. The van der Waals surface area contributed by atoms with E-state index in [9.17, 15) is 19.1 Å². The quantitative estimate of drug-likeness (QED) is 0.436. The van der Waals surface area contributed by atoms with Crippen molar-refractivity contribution in [1.82, 2.24) is 9.88 Å². The van der Waals surface area contributed by atoms with Gasteiger partial charge in [0.25, 0.3) is 5.91 Å². The van der Waals surface area contributed by atoms with Gasteiger partial charge in [-0.05, 0) is 66.3 Å². The summed E-state index contributed by atoms with van der Waals surface area (Å²) in [6.45, 7) is 0.516. The second-order valence-electron chi connectivity index (χ2n) is 8.84. The number of nitrogens with zero attached hydrogens (tertiary/aromatic N) is 1. The first-order chi connectivity index (χ1) is 16.0. The van der Waals surface area contributed by atoms with E-state index in [-0.39, 0.29) is 23.7 Å². The topological polar surface area (TPSA) is 71.3 Å². The highest BCUT2D eigenvalue weighted by molar-refractivity contribution is 6.06. The average Bonchev–Trinajstić information content (AvgIpc) is 3.24. The highest BCUT2D eigenvalue weighted by Crippen LogP contribution is 2.28. The standard InChI is InChI=1S/C27H25FN2O3/c28-24-12-11-23(26(31)29-21-9-7-19(8-10-21)27(32)33)25-22(24)13-14-30(25)16-17-5-6-18-3-1-2-4-20(18)15-17/h1-6,11-15,19,21H,7-10,16H2,(H,29,31)(H,32,33). The second kappa shape index (κ2) is 8.70. The number of aromatic nitrogens is 1. The van der Waals surface area contributed by atoms with Crippen molar-refractivity contribution in [3.63, 3.8) is 0 Å². The third-order valence-electron chi connectivity index (χ3n) is 6.70. The van der Waals surface area contributed by atoms with E-state index in [4.69, 9.17) is 0 Å². The van der Waals surface area contributed by atoms with E-state index < -0.39 is 5.97 Å². The number of carbonyl (C=O) groups excluding carboxylic acids is 1. The molecule has 168 valence electrons. The lowest BCUT2D eigenvalue weighted by Gasteiger charge is -2.27. The van der Waals surface area contributed by atoms with Crippen molar-refractivity contribution in [3.8, 4) is 0 Å². The summed E-state index contributed by atoms with van der Waals surface area (Å²) in [5.41, 5.74) is 2.06. The highest BCUT2D eigenvalue weighted by Gasteiger charge is 2.27. The number of amides is 1. The Balaban J connectivity index is 1.42. The Bertz CT molecular complexity index is 1350. The smallest absolute Gasteiger partial charge is 0.306 e. The summed E-state index contributed by atoms with van der Waals surface area (Å²) >= 11 is 0. The summed E-state index contributed by atoms with van der Waals surface area (Å²) in [4.78, 5) is 24.4. The number of carbonyl (C=O) groups is 2. The van der Waals surface area contributed by atoms with Crippen LogP contribution in [0.5, 0.6) is 0 Å². The molecule has 0 unspecified atom stereocenters. The van der Waals surface area contributed by atoms with Crippen LogP contribution in [-0.4, -0.2) is 27.6 Å². The molecule has 0 radical (unpaired) electrons. The molecule has 1 aliphatic carbocycles. The number of rotatable bonds is 5. The predicted octanol–water partition coefficient (Wildman–Crippen LogP) is 5.36. The Labute approximate surface area is 190 Å². The lowest BCUT2D eigenvalue weighted by Crippen LogP contribution is -2.38. The SMILES string of the molecule is O=C(NC1CCC(C(=O)O)CC1)c1ccc(F)c2ccn(Cc3ccc4ccccc4c3)c12. The second-order valence-corrected chi connectivity index (χ2v) is 8.84. The number of halogens is 1. The van der Waals surface area contributed by atoms with Crippen LogP contribution >= 0.6 is 0 Å². The molecule has 1 fully saturated rings. The molecule has 0 atom stereocenters. The number of aliphatic carboxylic acids is 1. The van der Waals surface area contributed by atoms with Gasteiger partial charge in [-0.15, -0.1) is 0 Å². The van der Waals surface area contributed by atoms with E-state index >= 15 is 0 Å². The van der Waals surface area contributed by atoms with E-state index in [2.05, 4.69) is 29.6 Å². The molecule has 1 heterocycles. The summed E-state index contributed by atoms with van der Waals surface area (Å²) in [5, 5.41) is 14.9. The first kappa shape index (κ1) is 21.2. The van der Waals surface area contributed by atoms with Gasteiger partial charge in [-0.2, -0.15) is 0 Å². The summed E-state index contributed by atoms with van der Waals surface area (Å²) in [5.74, 6) is -1.72. The number of hydrogen-bond donors (Lipinski definition) is 2. The average molecular weight is 445 g/mol. The van der Waals surface area contributed by atoms with Gasteiger partial charge < -0.3 is 15.0 Å². The fraction of sp³-hybridized carbons (Fsp3) is 0.259. The van der Waals surface area contributed by atoms with Gasteiger partial charge in [-0.25, -0.2) is 4.39 Å². The minimum atomic E-state index is -0.772. The van der Waals surface area contributed by atoms with Crippen LogP contribution in [0.4, 0.5) is 4.39 Å². The molecule has 1 aromatic heterocycles. The first-order valence-corrected chi connectivity index (χ1v) is 11.3. The Morgan fingerprint density at radius 2 is 1.73 bits per heavy atom. The molecule has 1 amide bonds. The molecule has 5 nitrogen and oxygen atoms in total. The van der Waals surface area contributed by atoms with Gasteiger partial charge in [0.2, 0.25) is 0 Å². The maximum atomic E-state index is 14.6. The summed E-state index contributed by atoms with van der Waals surface area (Å²) in [6.07, 6.45) is 4.18. The van der Waals surface area contributed by atoms with E-state index in [1.165, 1.54) is 12.1 Å². The van der Waals surface area contributed by atoms with Crippen LogP contribution in [0.2, 0.25) is 0 Å². The zero-order chi connectivity index (χ0) is 22.9. The van der Waals surface area contributed by atoms with Crippen LogP contribution in [0.15, 0.2) is 66.9 Å². The number of nitrogens with one attached hydrogen (secondary N) is 1. The number of hydrogen-bond acceptors (Lipinski definition) is 2. The van der Waals surface area contributed by atoms with Crippen molar-refractivity contribution in [2.24, 2.45) is 5.92 Å². The van der Waals surface area contributed by atoms with Crippen LogP contribution in [0.25, 0.3) is 21.7 Å². The van der Waals surface area contributed by atoms with Crippen LogP contribution in [0.3, 0.4) is 0 Å². The first-order valence-electron chi connectivity index (χ1n) is 11.3. The van der Waals surface area contributed by atoms with E-state index in [1.54, 1.807) is 6.07 Å². The van der Waals surface area contributed by atoms with E-state index in [0.29, 0.717) is 48.7 Å². The van der Waals surface area contributed by atoms with Crippen molar-refractivity contribution in [3.05, 3.63) is 83.8 Å². The van der Waals surface area contributed by atoms with Crippen molar-refractivity contribution in [1.29, 1.82) is 0 Å². The molecule has 1 saturated carbocycles. The molecule has 0 spiro atoms. The minimum Gasteiger partial charge on any atom is -0.481 e. The number of fused-ring (bicyclic) bond motifs is 2. The number of carboxylic acids is 1. The summed E-state index contributed by atoms with van der Waals surface area (Å²) < 4.78 is 16.5.